The highest BCUT2D eigenvalue weighted by Crippen LogP contribution is 2.26. The fourth-order valence-corrected chi connectivity index (χ4v) is 4.87. The zero-order chi connectivity index (χ0) is 21.4. The Labute approximate surface area is 170 Å². The lowest BCUT2D eigenvalue weighted by atomic mass is 10.0. The largest absolute Gasteiger partial charge is 0.364 e. The van der Waals surface area contributed by atoms with Crippen molar-refractivity contribution < 1.29 is 13.0 Å². The molecule has 0 spiro atoms. The van der Waals surface area contributed by atoms with Gasteiger partial charge in [0.1, 0.15) is 0 Å². The van der Waals surface area contributed by atoms with Gasteiger partial charge >= 0.3 is 10.3 Å². The summed E-state index contributed by atoms with van der Waals surface area (Å²) in [7, 11) is -4.75. The summed E-state index contributed by atoms with van der Waals surface area (Å²) in [5, 5.41) is 0.934. The zero-order valence-corrected chi connectivity index (χ0v) is 16.9. The molecule has 0 radical (unpaired) electrons. The van der Waals surface area contributed by atoms with Gasteiger partial charge in [0.15, 0.2) is 10.9 Å². The Bertz CT molecular complexity index is 1780. The van der Waals surface area contributed by atoms with Gasteiger partial charge < -0.3 is 4.98 Å². The van der Waals surface area contributed by atoms with Crippen molar-refractivity contribution in [2.45, 2.75) is 13.8 Å². The molecule has 0 amide bonds. The second kappa shape index (κ2) is 6.01. The normalized spacial score (nSPS) is 12.4. The SMILES string of the molecule is Cc1ccc2c(c1)c(=O)c1cc3[nH]c4c(C)cccc4c(=O)c3cc1n2S(=O)(=O)O. The Morgan fingerprint density at radius 3 is 2.27 bits per heavy atom. The van der Waals surface area contributed by atoms with Crippen molar-refractivity contribution >= 4 is 53.9 Å². The molecule has 0 saturated heterocycles. The Kier molecular flexibility index (Phi) is 3.71. The van der Waals surface area contributed by atoms with E-state index in [1.54, 1.807) is 31.2 Å². The smallest absolute Gasteiger partial charge is 0.354 e. The van der Waals surface area contributed by atoms with E-state index in [9.17, 15) is 22.6 Å². The molecule has 2 aromatic heterocycles. The minimum Gasteiger partial charge on any atom is -0.354 e. The number of pyridine rings is 2. The van der Waals surface area contributed by atoms with Crippen molar-refractivity contribution in [1.29, 1.82) is 0 Å². The Hall–Kier alpha value is -3.49. The first kappa shape index (κ1) is 18.5. The third-order valence-corrected chi connectivity index (χ3v) is 6.32. The maximum atomic E-state index is 13.2. The number of H-pyrrole nitrogens is 1. The van der Waals surface area contributed by atoms with E-state index in [1.165, 1.54) is 18.2 Å². The summed E-state index contributed by atoms with van der Waals surface area (Å²) in [5.74, 6) is 0. The van der Waals surface area contributed by atoms with Gasteiger partial charge in [0.25, 0.3) is 0 Å². The lowest BCUT2D eigenvalue weighted by Crippen LogP contribution is -2.18. The molecule has 0 unspecified atom stereocenters. The first-order chi connectivity index (χ1) is 14.2. The number of hydrogen-bond donors (Lipinski definition) is 2. The standard InChI is InChI=1S/C22H16N2O5S/c1-11-6-7-18-15(8-11)22(26)16-9-17-14(10-19(16)24(18)30(27,28)29)21(25)13-5-3-4-12(2)20(13)23-17/h3-10H,1-2H3,(H,23,25)(H,27,28,29). The minimum atomic E-state index is -4.75. The van der Waals surface area contributed by atoms with Gasteiger partial charge in [0.05, 0.1) is 22.1 Å². The van der Waals surface area contributed by atoms with Gasteiger partial charge in [0, 0.05) is 21.5 Å². The summed E-state index contributed by atoms with van der Waals surface area (Å²) in [6.45, 7) is 3.65. The third-order valence-electron chi connectivity index (χ3n) is 5.47. The quantitative estimate of drug-likeness (QED) is 0.319. The molecule has 0 bridgehead atoms. The molecule has 3 aromatic carbocycles. The van der Waals surface area contributed by atoms with Crippen LogP contribution in [0.25, 0.3) is 43.6 Å². The summed E-state index contributed by atoms with van der Waals surface area (Å²) in [6, 6.07) is 12.8. The van der Waals surface area contributed by atoms with Crippen LogP contribution in [0.1, 0.15) is 11.1 Å². The molecule has 0 saturated carbocycles. The van der Waals surface area contributed by atoms with E-state index in [2.05, 4.69) is 4.98 Å². The van der Waals surface area contributed by atoms with Crippen molar-refractivity contribution in [2.75, 3.05) is 0 Å². The maximum absolute atomic E-state index is 13.2. The molecule has 0 aliphatic carbocycles. The number of fused-ring (bicyclic) bond motifs is 4. The van der Waals surface area contributed by atoms with Gasteiger partial charge in [-0.25, -0.2) is 3.97 Å². The molecule has 0 aliphatic heterocycles. The minimum absolute atomic E-state index is 0.0491. The number of benzene rings is 3. The molecule has 0 atom stereocenters. The number of aryl methyl sites for hydroxylation is 2. The molecule has 2 N–H and O–H groups in total. The zero-order valence-electron chi connectivity index (χ0n) is 16.1. The number of nitrogens with one attached hydrogen (secondary N) is 1. The van der Waals surface area contributed by atoms with Crippen molar-refractivity contribution in [3.8, 4) is 0 Å². The Morgan fingerprint density at radius 2 is 1.53 bits per heavy atom. The number of para-hydroxylation sites is 1. The predicted molar refractivity (Wildman–Crippen MR) is 118 cm³/mol. The van der Waals surface area contributed by atoms with Crippen molar-refractivity contribution in [3.63, 3.8) is 0 Å². The number of nitrogens with zero attached hydrogens (tertiary/aromatic N) is 1. The number of aromatic nitrogens is 2. The van der Waals surface area contributed by atoms with Gasteiger partial charge in [-0.05, 0) is 49.7 Å². The predicted octanol–water partition coefficient (Wildman–Crippen LogP) is 3.42. The molecule has 8 heteroatoms. The number of aromatic amines is 1. The van der Waals surface area contributed by atoms with Gasteiger partial charge in [-0.1, -0.05) is 23.8 Å². The first-order valence-corrected chi connectivity index (χ1v) is 10.6. The fraction of sp³-hybridized carbons (Fsp3) is 0.0909. The van der Waals surface area contributed by atoms with Gasteiger partial charge in [-0.3, -0.25) is 14.1 Å². The molecule has 0 aliphatic rings. The highest BCUT2D eigenvalue weighted by Gasteiger charge is 2.20. The molecule has 2 heterocycles. The number of rotatable bonds is 1. The van der Waals surface area contributed by atoms with Crippen LogP contribution >= 0.6 is 0 Å². The maximum Gasteiger partial charge on any atom is 0.364 e. The van der Waals surface area contributed by atoms with Crippen LogP contribution in [0.5, 0.6) is 0 Å². The summed E-state index contributed by atoms with van der Waals surface area (Å²) in [6.07, 6.45) is 0. The van der Waals surface area contributed by atoms with Crippen LogP contribution in [0, 0.1) is 13.8 Å². The molecule has 7 nitrogen and oxygen atoms in total. The average molecular weight is 420 g/mol. The van der Waals surface area contributed by atoms with Crippen LogP contribution in [-0.2, 0) is 10.3 Å². The molecular formula is C22H16N2O5S. The molecule has 150 valence electrons. The lowest BCUT2D eigenvalue weighted by Gasteiger charge is -2.14. The van der Waals surface area contributed by atoms with Crippen molar-refractivity contribution in [2.24, 2.45) is 0 Å². The van der Waals surface area contributed by atoms with E-state index in [0.717, 1.165) is 11.1 Å². The third kappa shape index (κ3) is 2.51. The van der Waals surface area contributed by atoms with E-state index >= 15 is 0 Å². The molecule has 5 rings (SSSR count). The van der Waals surface area contributed by atoms with E-state index in [0.29, 0.717) is 20.4 Å². The van der Waals surface area contributed by atoms with Gasteiger partial charge in [-0.2, -0.15) is 8.42 Å². The number of hydrogen-bond acceptors (Lipinski definition) is 4. The summed E-state index contributed by atoms with van der Waals surface area (Å²) >= 11 is 0. The van der Waals surface area contributed by atoms with Crippen LogP contribution in [0.3, 0.4) is 0 Å². The highest BCUT2D eigenvalue weighted by molar-refractivity contribution is 7.84. The van der Waals surface area contributed by atoms with E-state index < -0.39 is 10.3 Å². The summed E-state index contributed by atoms with van der Waals surface area (Å²) < 4.78 is 35.2. The van der Waals surface area contributed by atoms with Crippen LogP contribution in [0.2, 0.25) is 0 Å². The van der Waals surface area contributed by atoms with Gasteiger partial charge in [0.2, 0.25) is 0 Å². The van der Waals surface area contributed by atoms with Crippen LogP contribution in [0.15, 0.2) is 58.1 Å². The highest BCUT2D eigenvalue weighted by atomic mass is 32.2. The topological polar surface area (TPSA) is 109 Å². The molecule has 5 aromatic rings. The second-order valence-corrected chi connectivity index (χ2v) is 8.72. The Balaban J connectivity index is 2.13. The average Bonchev–Trinajstić information content (AvgIpc) is 2.68. The van der Waals surface area contributed by atoms with Crippen molar-refractivity contribution in [1.82, 2.24) is 8.96 Å². The molecule has 0 fully saturated rings. The van der Waals surface area contributed by atoms with Crippen LogP contribution < -0.4 is 10.9 Å². The van der Waals surface area contributed by atoms with Crippen molar-refractivity contribution in [3.05, 3.63) is 80.1 Å². The summed E-state index contributed by atoms with van der Waals surface area (Å²) in [5.41, 5.74) is 2.05. The van der Waals surface area contributed by atoms with E-state index in [4.69, 9.17) is 0 Å². The summed E-state index contributed by atoms with van der Waals surface area (Å²) in [4.78, 5) is 29.5. The van der Waals surface area contributed by atoms with Crippen LogP contribution in [-0.4, -0.2) is 21.9 Å². The van der Waals surface area contributed by atoms with E-state index in [1.807, 2.05) is 13.0 Å². The van der Waals surface area contributed by atoms with E-state index in [-0.39, 0.29) is 38.0 Å². The lowest BCUT2D eigenvalue weighted by molar-refractivity contribution is 0.476. The first-order valence-electron chi connectivity index (χ1n) is 9.19. The molecular weight excluding hydrogens is 404 g/mol. The second-order valence-electron chi connectivity index (χ2n) is 7.46. The van der Waals surface area contributed by atoms with Crippen LogP contribution in [0.4, 0.5) is 0 Å². The Morgan fingerprint density at radius 1 is 0.833 bits per heavy atom. The molecule has 30 heavy (non-hydrogen) atoms. The van der Waals surface area contributed by atoms with Gasteiger partial charge in [-0.15, -0.1) is 0 Å². The fourth-order valence-electron chi connectivity index (χ4n) is 4.06. The monoisotopic (exact) mass is 420 g/mol.